The van der Waals surface area contributed by atoms with Gasteiger partial charge in [0.15, 0.2) is 0 Å². The highest BCUT2D eigenvalue weighted by molar-refractivity contribution is 5.85. The number of pyridine rings is 1. The van der Waals surface area contributed by atoms with E-state index in [0.717, 1.165) is 42.9 Å². The molecule has 0 atom stereocenters. The number of hydrogen-bond donors (Lipinski definition) is 3. The van der Waals surface area contributed by atoms with E-state index in [0.29, 0.717) is 18.3 Å². The van der Waals surface area contributed by atoms with Crippen LogP contribution in [0.1, 0.15) is 29.0 Å². The molecular weight excluding hydrogens is 330 g/mol. The van der Waals surface area contributed by atoms with Crippen LogP contribution in [0.5, 0.6) is 0 Å². The molecule has 0 unspecified atom stereocenters. The summed E-state index contributed by atoms with van der Waals surface area (Å²) in [7, 11) is 0. The molecule has 26 heavy (non-hydrogen) atoms. The summed E-state index contributed by atoms with van der Waals surface area (Å²) >= 11 is 0. The first-order valence-electron chi connectivity index (χ1n) is 8.82. The maximum Gasteiger partial charge on any atom is 0.354 e. The van der Waals surface area contributed by atoms with E-state index >= 15 is 0 Å². The van der Waals surface area contributed by atoms with Gasteiger partial charge in [0.25, 0.3) is 0 Å². The van der Waals surface area contributed by atoms with Gasteiger partial charge in [-0.25, -0.2) is 14.8 Å². The molecule has 4 rings (SSSR count). The van der Waals surface area contributed by atoms with Crippen molar-refractivity contribution in [1.82, 2.24) is 19.9 Å². The van der Waals surface area contributed by atoms with Crippen LogP contribution in [0.2, 0.25) is 0 Å². The average Bonchev–Trinajstić information content (AvgIpc) is 3.00. The lowest BCUT2D eigenvalue weighted by atomic mass is 10.1. The molecule has 3 N–H and O–H groups in total. The van der Waals surface area contributed by atoms with Crippen LogP contribution in [0.25, 0.3) is 11.0 Å². The molecule has 7 nitrogen and oxygen atoms in total. The van der Waals surface area contributed by atoms with Gasteiger partial charge in [-0.3, -0.25) is 0 Å². The molecule has 1 aromatic carbocycles. The highest BCUT2D eigenvalue weighted by Gasteiger charge is 2.18. The number of carbonyl (C=O) groups is 1. The first-order chi connectivity index (χ1) is 12.7. The molecule has 0 aliphatic carbocycles. The molecule has 0 amide bonds. The van der Waals surface area contributed by atoms with E-state index in [-0.39, 0.29) is 5.69 Å². The van der Waals surface area contributed by atoms with Crippen LogP contribution in [-0.2, 0) is 6.54 Å². The Bertz CT molecular complexity index is 931. The van der Waals surface area contributed by atoms with Crippen molar-refractivity contribution in [3.8, 4) is 0 Å². The first kappa shape index (κ1) is 16.5. The number of imidazole rings is 1. The van der Waals surface area contributed by atoms with Crippen molar-refractivity contribution in [2.75, 3.05) is 18.4 Å². The third-order valence-electron chi connectivity index (χ3n) is 4.67. The minimum atomic E-state index is -1.02. The highest BCUT2D eigenvalue weighted by atomic mass is 16.4. The summed E-state index contributed by atoms with van der Waals surface area (Å²) in [5, 5.41) is 16.1. The molecule has 1 aliphatic rings. The molecule has 1 saturated heterocycles. The number of hydrogen-bond acceptors (Lipinski definition) is 5. The molecular formula is C19H21N5O2. The summed E-state index contributed by atoms with van der Waals surface area (Å²) in [6.07, 6.45) is 2.10. The molecule has 3 aromatic rings. The number of carboxylic acid groups (broad SMARTS) is 1. The van der Waals surface area contributed by atoms with Crippen LogP contribution in [0, 0.1) is 0 Å². The fourth-order valence-electron chi connectivity index (χ4n) is 3.34. The van der Waals surface area contributed by atoms with Crippen LogP contribution in [0.3, 0.4) is 0 Å². The lowest BCUT2D eigenvalue weighted by Gasteiger charge is -2.24. The van der Waals surface area contributed by atoms with E-state index in [1.807, 2.05) is 30.3 Å². The monoisotopic (exact) mass is 351 g/mol. The SMILES string of the molecule is O=C(O)c1cccc(Cn2c(NC3CCNCC3)nc3ccccc32)n1. The van der Waals surface area contributed by atoms with Crippen LogP contribution < -0.4 is 10.6 Å². The molecule has 0 bridgehead atoms. The van der Waals surface area contributed by atoms with Gasteiger partial charge in [0.2, 0.25) is 5.95 Å². The van der Waals surface area contributed by atoms with Gasteiger partial charge in [-0.1, -0.05) is 18.2 Å². The number of aromatic nitrogens is 3. The molecule has 3 heterocycles. The Morgan fingerprint density at radius 2 is 1.96 bits per heavy atom. The number of rotatable bonds is 5. The number of para-hydroxylation sites is 2. The number of aromatic carboxylic acids is 1. The Balaban J connectivity index is 1.69. The van der Waals surface area contributed by atoms with E-state index < -0.39 is 5.97 Å². The molecule has 2 aromatic heterocycles. The van der Waals surface area contributed by atoms with Crippen molar-refractivity contribution < 1.29 is 9.90 Å². The summed E-state index contributed by atoms with van der Waals surface area (Å²) in [6.45, 7) is 2.47. The number of nitrogens with one attached hydrogen (secondary N) is 2. The number of carboxylic acids is 1. The average molecular weight is 351 g/mol. The normalized spacial score (nSPS) is 15.2. The van der Waals surface area contributed by atoms with Gasteiger partial charge in [0.05, 0.1) is 23.3 Å². The molecule has 0 saturated carbocycles. The molecule has 0 radical (unpaired) electrons. The zero-order valence-electron chi connectivity index (χ0n) is 14.4. The van der Waals surface area contributed by atoms with Gasteiger partial charge >= 0.3 is 5.97 Å². The summed E-state index contributed by atoms with van der Waals surface area (Å²) < 4.78 is 2.07. The Labute approximate surface area is 151 Å². The predicted octanol–water partition coefficient (Wildman–Crippen LogP) is 2.34. The van der Waals surface area contributed by atoms with Crippen LogP contribution in [0.4, 0.5) is 5.95 Å². The van der Waals surface area contributed by atoms with Gasteiger partial charge in [-0.05, 0) is 50.2 Å². The maximum absolute atomic E-state index is 11.2. The van der Waals surface area contributed by atoms with Gasteiger partial charge in [0, 0.05) is 6.04 Å². The Morgan fingerprint density at radius 3 is 2.77 bits per heavy atom. The van der Waals surface area contributed by atoms with Crippen LogP contribution in [0.15, 0.2) is 42.5 Å². The van der Waals surface area contributed by atoms with Gasteiger partial charge < -0.3 is 20.3 Å². The maximum atomic E-state index is 11.2. The second-order valence-corrected chi connectivity index (χ2v) is 6.50. The number of piperidine rings is 1. The zero-order chi connectivity index (χ0) is 17.9. The number of anilines is 1. The predicted molar refractivity (Wildman–Crippen MR) is 99.5 cm³/mol. The summed E-state index contributed by atoms with van der Waals surface area (Å²) in [6, 6.07) is 13.4. The first-order valence-corrected chi connectivity index (χ1v) is 8.82. The fraction of sp³-hybridized carbons (Fsp3) is 0.316. The number of fused-ring (bicyclic) bond motifs is 1. The summed E-state index contributed by atoms with van der Waals surface area (Å²) in [5.74, 6) is -0.212. The fourth-order valence-corrected chi connectivity index (χ4v) is 3.34. The standard InChI is InChI=1S/C19H21N5O2/c25-18(26)16-6-3-4-14(21-16)12-24-17-7-2-1-5-15(17)23-19(24)22-13-8-10-20-11-9-13/h1-7,13,20H,8-12H2,(H,22,23)(H,25,26). The summed E-state index contributed by atoms with van der Waals surface area (Å²) in [5.41, 5.74) is 2.67. The van der Waals surface area contributed by atoms with Crippen molar-refractivity contribution in [2.24, 2.45) is 0 Å². The lowest BCUT2D eigenvalue weighted by Crippen LogP contribution is -2.36. The Kier molecular flexibility index (Phi) is 4.53. The van der Waals surface area contributed by atoms with Gasteiger partial charge in [-0.15, -0.1) is 0 Å². The molecule has 134 valence electrons. The summed E-state index contributed by atoms with van der Waals surface area (Å²) in [4.78, 5) is 20.2. The molecule has 7 heteroatoms. The van der Waals surface area contributed by atoms with Crippen molar-refractivity contribution >= 4 is 23.0 Å². The van der Waals surface area contributed by atoms with Gasteiger partial charge in [-0.2, -0.15) is 0 Å². The Morgan fingerprint density at radius 1 is 1.15 bits per heavy atom. The smallest absolute Gasteiger partial charge is 0.354 e. The van der Waals surface area contributed by atoms with Crippen molar-refractivity contribution in [3.05, 3.63) is 53.9 Å². The van der Waals surface area contributed by atoms with E-state index in [2.05, 4.69) is 20.2 Å². The third kappa shape index (κ3) is 3.39. The lowest BCUT2D eigenvalue weighted by molar-refractivity contribution is 0.0690. The molecule has 0 spiro atoms. The van der Waals surface area contributed by atoms with E-state index in [4.69, 9.17) is 4.98 Å². The van der Waals surface area contributed by atoms with Crippen molar-refractivity contribution in [1.29, 1.82) is 0 Å². The second kappa shape index (κ2) is 7.13. The highest BCUT2D eigenvalue weighted by Crippen LogP contribution is 2.22. The van der Waals surface area contributed by atoms with Crippen molar-refractivity contribution in [2.45, 2.75) is 25.4 Å². The van der Waals surface area contributed by atoms with Crippen molar-refractivity contribution in [3.63, 3.8) is 0 Å². The second-order valence-electron chi connectivity index (χ2n) is 6.50. The molecule has 1 fully saturated rings. The topological polar surface area (TPSA) is 92.1 Å². The van der Waals surface area contributed by atoms with E-state index in [1.165, 1.54) is 6.07 Å². The Hall–Kier alpha value is -2.93. The number of nitrogens with zero attached hydrogens (tertiary/aromatic N) is 3. The third-order valence-corrected chi connectivity index (χ3v) is 4.67. The minimum Gasteiger partial charge on any atom is -0.477 e. The minimum absolute atomic E-state index is 0.0554. The molecule has 1 aliphatic heterocycles. The quantitative estimate of drug-likeness (QED) is 0.653. The largest absolute Gasteiger partial charge is 0.477 e. The van der Waals surface area contributed by atoms with E-state index in [9.17, 15) is 9.90 Å². The van der Waals surface area contributed by atoms with E-state index in [1.54, 1.807) is 6.07 Å². The zero-order valence-corrected chi connectivity index (χ0v) is 14.4. The number of benzene rings is 1. The van der Waals surface area contributed by atoms with Crippen LogP contribution in [-0.4, -0.2) is 44.7 Å². The van der Waals surface area contributed by atoms with Crippen LogP contribution >= 0.6 is 0 Å². The van der Waals surface area contributed by atoms with Gasteiger partial charge in [0.1, 0.15) is 5.69 Å².